The van der Waals surface area contributed by atoms with Crippen LogP contribution in [0.5, 0.6) is 0 Å². The van der Waals surface area contributed by atoms with Gasteiger partial charge < -0.3 is 14.4 Å². The molecule has 2 atom stereocenters. The number of aliphatic hydroxyl groups excluding tert-OH is 1. The van der Waals surface area contributed by atoms with Crippen LogP contribution in [0.3, 0.4) is 0 Å². The van der Waals surface area contributed by atoms with Crippen molar-refractivity contribution in [1.29, 1.82) is 0 Å². The minimum atomic E-state index is -0.734. The summed E-state index contributed by atoms with van der Waals surface area (Å²) in [4.78, 5) is 24.4. The van der Waals surface area contributed by atoms with Gasteiger partial charge in [-0.05, 0) is 25.0 Å². The second-order valence-electron chi connectivity index (χ2n) is 6.12. The molecule has 9 heteroatoms. The summed E-state index contributed by atoms with van der Waals surface area (Å²) < 4.78 is 6.61. The number of aromatic nitrogens is 2. The quantitative estimate of drug-likeness (QED) is 0.603. The van der Waals surface area contributed by atoms with Crippen molar-refractivity contribution in [2.45, 2.75) is 44.4 Å². The number of aryl methyl sites for hydroxylation is 1. The van der Waals surface area contributed by atoms with Gasteiger partial charge in [-0.1, -0.05) is 0 Å². The molecule has 0 aromatic carbocycles. The van der Waals surface area contributed by atoms with Crippen molar-refractivity contribution in [1.82, 2.24) is 14.7 Å². The minimum Gasteiger partial charge on any atom is -0.467 e. The van der Waals surface area contributed by atoms with Crippen molar-refractivity contribution in [2.24, 2.45) is 0 Å². The van der Waals surface area contributed by atoms with Gasteiger partial charge in [0.1, 0.15) is 24.3 Å². The van der Waals surface area contributed by atoms with E-state index in [0.29, 0.717) is 18.7 Å². The molecule has 25 heavy (non-hydrogen) atoms. The monoisotopic (exact) mass is 348 g/mol. The lowest BCUT2D eigenvalue weighted by Gasteiger charge is -2.26. The fraction of sp³-hybridized carbons (Fsp3) is 0.500. The molecule has 2 unspecified atom stereocenters. The first-order valence-electron chi connectivity index (χ1n) is 8.22. The van der Waals surface area contributed by atoms with Gasteiger partial charge in [-0.15, -0.1) is 0 Å². The summed E-state index contributed by atoms with van der Waals surface area (Å²) in [5.41, 5.74) is -0.0898. The molecule has 1 saturated heterocycles. The summed E-state index contributed by atoms with van der Waals surface area (Å²) in [7, 11) is 0. The summed E-state index contributed by atoms with van der Waals surface area (Å²) in [5, 5.41) is 24.8. The van der Waals surface area contributed by atoms with E-state index in [1.54, 1.807) is 17.0 Å². The predicted molar refractivity (Wildman–Crippen MR) is 86.5 cm³/mol. The molecule has 9 nitrogen and oxygen atoms in total. The molecule has 0 aliphatic carbocycles. The molecule has 1 N–H and O–H groups in total. The van der Waals surface area contributed by atoms with Gasteiger partial charge in [-0.25, -0.2) is 0 Å². The van der Waals surface area contributed by atoms with Crippen LogP contribution in [0.1, 0.15) is 37.5 Å². The van der Waals surface area contributed by atoms with Crippen LogP contribution in [-0.2, 0) is 11.3 Å². The van der Waals surface area contributed by atoms with E-state index in [-0.39, 0.29) is 30.6 Å². The van der Waals surface area contributed by atoms with Gasteiger partial charge in [0.15, 0.2) is 0 Å². The van der Waals surface area contributed by atoms with Crippen LogP contribution in [-0.4, -0.2) is 43.2 Å². The van der Waals surface area contributed by atoms with Crippen molar-refractivity contribution in [3.8, 4) is 0 Å². The molecule has 3 rings (SSSR count). The second kappa shape index (κ2) is 7.47. The highest BCUT2D eigenvalue weighted by atomic mass is 16.6. The van der Waals surface area contributed by atoms with Crippen LogP contribution in [0.25, 0.3) is 0 Å². The first-order valence-corrected chi connectivity index (χ1v) is 8.22. The molecule has 1 amide bonds. The summed E-state index contributed by atoms with van der Waals surface area (Å²) >= 11 is 0. The van der Waals surface area contributed by atoms with Gasteiger partial charge in [0.05, 0.1) is 11.2 Å². The highest BCUT2D eigenvalue weighted by molar-refractivity contribution is 5.76. The number of hydrogen-bond donors (Lipinski definition) is 1. The van der Waals surface area contributed by atoms with Crippen LogP contribution < -0.4 is 0 Å². The number of amides is 1. The van der Waals surface area contributed by atoms with Gasteiger partial charge in [-0.3, -0.25) is 19.6 Å². The molecular weight excluding hydrogens is 328 g/mol. The number of nitrogens with zero attached hydrogens (tertiary/aromatic N) is 4. The maximum Gasteiger partial charge on any atom is 0.306 e. The topological polar surface area (TPSA) is 115 Å². The first kappa shape index (κ1) is 17.2. The van der Waals surface area contributed by atoms with E-state index in [0.717, 1.165) is 12.8 Å². The number of nitro groups is 1. The molecule has 0 saturated carbocycles. The SMILES string of the molecule is O=C(CCn1cc([N+](=O)[O-])cn1)N1CCCC1CC(O)c1ccco1. The lowest BCUT2D eigenvalue weighted by atomic mass is 10.0. The third-order valence-electron chi connectivity index (χ3n) is 4.45. The fourth-order valence-corrected chi connectivity index (χ4v) is 3.19. The highest BCUT2D eigenvalue weighted by Crippen LogP contribution is 2.28. The first-order chi connectivity index (χ1) is 12.0. The van der Waals surface area contributed by atoms with Crippen LogP contribution in [0.15, 0.2) is 35.2 Å². The Morgan fingerprint density at radius 3 is 3.08 bits per heavy atom. The van der Waals surface area contributed by atoms with Gasteiger partial charge in [0.2, 0.25) is 5.91 Å². The van der Waals surface area contributed by atoms with Crippen molar-refractivity contribution in [2.75, 3.05) is 6.54 Å². The second-order valence-corrected chi connectivity index (χ2v) is 6.12. The zero-order valence-electron chi connectivity index (χ0n) is 13.7. The molecule has 134 valence electrons. The van der Waals surface area contributed by atoms with Crippen molar-refractivity contribution < 1.29 is 19.2 Å². The summed E-state index contributed by atoms with van der Waals surface area (Å²) in [5.74, 6) is 0.468. The Kier molecular flexibility index (Phi) is 5.13. The Morgan fingerprint density at radius 1 is 1.56 bits per heavy atom. The van der Waals surface area contributed by atoms with Crippen molar-refractivity contribution in [3.63, 3.8) is 0 Å². The number of carbonyl (C=O) groups is 1. The Hall–Kier alpha value is -2.68. The Labute approximate surface area is 144 Å². The molecule has 1 aliphatic rings. The molecule has 0 bridgehead atoms. The molecule has 0 radical (unpaired) electrons. The lowest BCUT2D eigenvalue weighted by molar-refractivity contribution is -0.385. The van der Waals surface area contributed by atoms with Crippen LogP contribution in [0.2, 0.25) is 0 Å². The Morgan fingerprint density at radius 2 is 2.40 bits per heavy atom. The Bertz CT molecular complexity index is 727. The fourth-order valence-electron chi connectivity index (χ4n) is 3.19. The van der Waals surface area contributed by atoms with Gasteiger partial charge in [0.25, 0.3) is 0 Å². The lowest BCUT2D eigenvalue weighted by Crippen LogP contribution is -2.36. The van der Waals surface area contributed by atoms with E-state index in [9.17, 15) is 20.0 Å². The number of hydrogen-bond acceptors (Lipinski definition) is 6. The predicted octanol–water partition coefficient (Wildman–Crippen LogP) is 1.89. The van der Waals surface area contributed by atoms with E-state index < -0.39 is 11.0 Å². The standard InChI is InChI=1S/C16H20N4O5/c21-14(15-4-2-8-25-15)9-12-3-1-6-19(12)16(22)5-7-18-11-13(10-17-18)20(23)24/h2,4,8,10-12,14,21H,1,3,5-7,9H2. The third-order valence-corrected chi connectivity index (χ3v) is 4.45. The van der Waals surface area contributed by atoms with Crippen molar-refractivity contribution >= 4 is 11.6 Å². The van der Waals surface area contributed by atoms with Gasteiger partial charge in [-0.2, -0.15) is 5.10 Å². The van der Waals surface area contributed by atoms with Crippen LogP contribution >= 0.6 is 0 Å². The highest BCUT2D eigenvalue weighted by Gasteiger charge is 2.31. The van der Waals surface area contributed by atoms with Crippen LogP contribution in [0.4, 0.5) is 5.69 Å². The number of furan rings is 1. The maximum absolute atomic E-state index is 12.5. The van der Waals surface area contributed by atoms with E-state index in [2.05, 4.69) is 5.10 Å². The zero-order chi connectivity index (χ0) is 17.8. The number of carbonyl (C=O) groups excluding carboxylic acids is 1. The van der Waals surface area contributed by atoms with Gasteiger partial charge in [0, 0.05) is 32.0 Å². The molecular formula is C16H20N4O5. The van der Waals surface area contributed by atoms with E-state index in [1.807, 2.05) is 0 Å². The number of likely N-dealkylation sites (tertiary alicyclic amines) is 1. The Balaban J connectivity index is 1.54. The largest absolute Gasteiger partial charge is 0.467 e. The summed E-state index contributed by atoms with van der Waals surface area (Å²) in [6.07, 6.45) is 5.66. The summed E-state index contributed by atoms with van der Waals surface area (Å²) in [6.45, 7) is 0.949. The van der Waals surface area contributed by atoms with E-state index >= 15 is 0 Å². The molecule has 2 aromatic heterocycles. The average molecular weight is 348 g/mol. The van der Waals surface area contributed by atoms with Gasteiger partial charge >= 0.3 is 5.69 Å². The maximum atomic E-state index is 12.5. The zero-order valence-corrected chi connectivity index (χ0v) is 13.7. The summed E-state index contributed by atoms with van der Waals surface area (Å²) in [6, 6.07) is 3.41. The smallest absolute Gasteiger partial charge is 0.306 e. The van der Waals surface area contributed by atoms with E-state index in [1.165, 1.54) is 23.3 Å². The molecule has 1 aliphatic heterocycles. The molecule has 1 fully saturated rings. The average Bonchev–Trinajstić information content (AvgIpc) is 3.32. The number of aliphatic hydroxyl groups is 1. The van der Waals surface area contributed by atoms with Crippen LogP contribution in [0, 0.1) is 10.1 Å². The van der Waals surface area contributed by atoms with E-state index in [4.69, 9.17) is 4.42 Å². The molecule has 3 heterocycles. The van der Waals surface area contributed by atoms with Crippen molar-refractivity contribution in [3.05, 3.63) is 46.7 Å². The minimum absolute atomic E-state index is 0.0282. The molecule has 0 spiro atoms. The normalized spacial score (nSPS) is 18.4. The third kappa shape index (κ3) is 4.05. The molecule has 2 aromatic rings. The number of rotatable bonds is 7.